The number of anilines is 1. The number of nitrogens with zero attached hydrogens (tertiary/aromatic N) is 1. The van der Waals surface area contributed by atoms with Crippen LogP contribution in [0.25, 0.3) is 0 Å². The van der Waals surface area contributed by atoms with Gasteiger partial charge in [0.15, 0.2) is 0 Å². The van der Waals surface area contributed by atoms with Crippen LogP contribution in [0.1, 0.15) is 16.1 Å². The zero-order valence-corrected chi connectivity index (χ0v) is 12.1. The third-order valence-electron chi connectivity index (χ3n) is 2.43. The van der Waals surface area contributed by atoms with Crippen LogP contribution in [-0.4, -0.2) is 10.9 Å². The molecule has 0 bridgehead atoms. The van der Waals surface area contributed by atoms with E-state index in [9.17, 15) is 18.0 Å². The zero-order valence-electron chi connectivity index (χ0n) is 9.91. The van der Waals surface area contributed by atoms with Crippen LogP contribution in [0, 0.1) is 3.57 Å². The third-order valence-corrected chi connectivity index (χ3v) is 3.37. The standard InChI is InChI=1S/C13H8F3IN2O/c14-13(15,16)11-6-5-8(7-18-11)19-12(20)9-3-1-2-4-10(9)17/h1-7H,(H,19,20). The van der Waals surface area contributed by atoms with Crippen LogP contribution in [0.15, 0.2) is 42.6 Å². The van der Waals surface area contributed by atoms with E-state index in [4.69, 9.17) is 0 Å². The number of aromatic nitrogens is 1. The monoisotopic (exact) mass is 392 g/mol. The molecule has 1 amide bonds. The Hall–Kier alpha value is -1.64. The molecule has 2 aromatic rings. The van der Waals surface area contributed by atoms with Gasteiger partial charge in [-0.25, -0.2) is 4.98 Å². The summed E-state index contributed by atoms with van der Waals surface area (Å²) in [6, 6.07) is 8.89. The normalized spacial score (nSPS) is 11.2. The Labute approximate surface area is 126 Å². The summed E-state index contributed by atoms with van der Waals surface area (Å²) in [5.74, 6) is -0.392. The van der Waals surface area contributed by atoms with Crippen molar-refractivity contribution in [1.29, 1.82) is 0 Å². The van der Waals surface area contributed by atoms with Gasteiger partial charge in [-0.2, -0.15) is 13.2 Å². The van der Waals surface area contributed by atoms with Crippen molar-refractivity contribution in [3.63, 3.8) is 0 Å². The van der Waals surface area contributed by atoms with Crippen molar-refractivity contribution >= 4 is 34.2 Å². The highest BCUT2D eigenvalue weighted by Gasteiger charge is 2.32. The van der Waals surface area contributed by atoms with E-state index in [1.165, 1.54) is 6.07 Å². The van der Waals surface area contributed by atoms with Gasteiger partial charge in [-0.3, -0.25) is 4.79 Å². The quantitative estimate of drug-likeness (QED) is 0.787. The first-order valence-electron chi connectivity index (χ1n) is 5.47. The molecule has 0 aliphatic heterocycles. The maximum atomic E-state index is 12.3. The molecule has 0 atom stereocenters. The van der Waals surface area contributed by atoms with E-state index < -0.39 is 17.8 Å². The molecule has 104 valence electrons. The summed E-state index contributed by atoms with van der Waals surface area (Å²) in [5.41, 5.74) is -0.333. The highest BCUT2D eigenvalue weighted by atomic mass is 127. The summed E-state index contributed by atoms with van der Waals surface area (Å²) < 4.78 is 37.8. The van der Waals surface area contributed by atoms with Crippen molar-refractivity contribution in [3.8, 4) is 0 Å². The van der Waals surface area contributed by atoms with Gasteiger partial charge < -0.3 is 5.32 Å². The molecule has 0 unspecified atom stereocenters. The summed E-state index contributed by atoms with van der Waals surface area (Å²) in [5, 5.41) is 2.50. The van der Waals surface area contributed by atoms with E-state index in [0.717, 1.165) is 15.8 Å². The average molecular weight is 392 g/mol. The fraction of sp³-hybridized carbons (Fsp3) is 0.0769. The van der Waals surface area contributed by atoms with Crippen LogP contribution < -0.4 is 5.32 Å². The molecule has 7 heteroatoms. The topological polar surface area (TPSA) is 42.0 Å². The Morgan fingerprint density at radius 3 is 2.40 bits per heavy atom. The van der Waals surface area contributed by atoms with Gasteiger partial charge in [-0.1, -0.05) is 12.1 Å². The largest absolute Gasteiger partial charge is 0.433 e. The first kappa shape index (κ1) is 14.8. The summed E-state index contributed by atoms with van der Waals surface area (Å²) in [7, 11) is 0. The van der Waals surface area contributed by atoms with E-state index in [1.807, 2.05) is 22.6 Å². The van der Waals surface area contributed by atoms with Crippen LogP contribution in [0.3, 0.4) is 0 Å². The van der Waals surface area contributed by atoms with E-state index in [0.29, 0.717) is 5.56 Å². The lowest BCUT2D eigenvalue weighted by Crippen LogP contribution is -2.14. The Bertz CT molecular complexity index is 626. The Morgan fingerprint density at radius 2 is 1.85 bits per heavy atom. The summed E-state index contributed by atoms with van der Waals surface area (Å²) in [6.07, 6.45) is -3.51. The molecule has 0 saturated carbocycles. The van der Waals surface area contributed by atoms with Crippen LogP contribution in [0.2, 0.25) is 0 Å². The van der Waals surface area contributed by atoms with Gasteiger partial charge in [-0.05, 0) is 46.9 Å². The van der Waals surface area contributed by atoms with Gasteiger partial charge in [0, 0.05) is 3.57 Å². The van der Waals surface area contributed by atoms with Crippen molar-refractivity contribution in [3.05, 3.63) is 57.4 Å². The first-order valence-corrected chi connectivity index (χ1v) is 6.55. The smallest absolute Gasteiger partial charge is 0.321 e. The fourth-order valence-corrected chi connectivity index (χ4v) is 2.11. The molecule has 0 radical (unpaired) electrons. The lowest BCUT2D eigenvalue weighted by atomic mass is 10.2. The molecule has 0 saturated heterocycles. The van der Waals surface area contributed by atoms with Gasteiger partial charge in [0.25, 0.3) is 5.91 Å². The van der Waals surface area contributed by atoms with Crippen molar-refractivity contribution in [2.24, 2.45) is 0 Å². The van der Waals surface area contributed by atoms with Gasteiger partial charge in [-0.15, -0.1) is 0 Å². The van der Waals surface area contributed by atoms with Crippen molar-refractivity contribution in [1.82, 2.24) is 4.98 Å². The minimum absolute atomic E-state index is 0.211. The minimum atomic E-state index is -4.49. The van der Waals surface area contributed by atoms with Crippen LogP contribution >= 0.6 is 22.6 Å². The molecule has 0 fully saturated rings. The zero-order chi connectivity index (χ0) is 14.8. The molecule has 0 aliphatic rings. The number of halogens is 4. The molecule has 2 rings (SSSR count). The molecule has 3 nitrogen and oxygen atoms in total. The molecule has 20 heavy (non-hydrogen) atoms. The van der Waals surface area contributed by atoms with Gasteiger partial charge in [0.2, 0.25) is 0 Å². The summed E-state index contributed by atoms with van der Waals surface area (Å²) in [6.45, 7) is 0. The number of pyridine rings is 1. The van der Waals surface area contributed by atoms with Gasteiger partial charge in [0.05, 0.1) is 17.4 Å². The molecule has 1 aromatic carbocycles. The van der Waals surface area contributed by atoms with E-state index >= 15 is 0 Å². The number of alkyl halides is 3. The number of carbonyl (C=O) groups excluding carboxylic acids is 1. The number of nitrogens with one attached hydrogen (secondary N) is 1. The van der Waals surface area contributed by atoms with Gasteiger partial charge in [0.1, 0.15) is 5.69 Å². The Kier molecular flexibility index (Phi) is 4.26. The average Bonchev–Trinajstić information content (AvgIpc) is 2.38. The molecule has 1 N–H and O–H groups in total. The molecular formula is C13H8F3IN2O. The Balaban J connectivity index is 2.15. The lowest BCUT2D eigenvalue weighted by Gasteiger charge is -2.08. The summed E-state index contributed by atoms with van der Waals surface area (Å²) >= 11 is 2.01. The maximum absolute atomic E-state index is 12.3. The van der Waals surface area contributed by atoms with E-state index in [2.05, 4.69) is 10.3 Å². The number of hydrogen-bond acceptors (Lipinski definition) is 2. The second-order valence-corrected chi connectivity index (χ2v) is 5.03. The SMILES string of the molecule is O=C(Nc1ccc(C(F)(F)F)nc1)c1ccccc1I. The van der Waals surface area contributed by atoms with Crippen molar-refractivity contribution in [2.45, 2.75) is 6.18 Å². The van der Waals surface area contributed by atoms with Crippen LogP contribution in [0.4, 0.5) is 18.9 Å². The molecule has 0 aliphatic carbocycles. The maximum Gasteiger partial charge on any atom is 0.433 e. The first-order chi connectivity index (χ1) is 9.38. The number of rotatable bonds is 2. The van der Waals surface area contributed by atoms with E-state index in [1.54, 1.807) is 24.3 Å². The predicted octanol–water partition coefficient (Wildman–Crippen LogP) is 3.96. The second kappa shape index (κ2) is 5.78. The number of benzene rings is 1. The van der Waals surface area contributed by atoms with Crippen molar-refractivity contribution in [2.75, 3.05) is 5.32 Å². The number of carbonyl (C=O) groups is 1. The highest BCUT2D eigenvalue weighted by Crippen LogP contribution is 2.27. The number of amides is 1. The molecule has 0 spiro atoms. The summed E-state index contributed by atoms with van der Waals surface area (Å²) in [4.78, 5) is 15.2. The molecule has 1 aromatic heterocycles. The fourth-order valence-electron chi connectivity index (χ4n) is 1.48. The Morgan fingerprint density at radius 1 is 1.15 bits per heavy atom. The highest BCUT2D eigenvalue weighted by molar-refractivity contribution is 14.1. The lowest BCUT2D eigenvalue weighted by molar-refractivity contribution is -0.141. The van der Waals surface area contributed by atoms with Crippen molar-refractivity contribution < 1.29 is 18.0 Å². The minimum Gasteiger partial charge on any atom is -0.321 e. The number of hydrogen-bond donors (Lipinski definition) is 1. The van der Waals surface area contributed by atoms with Crippen LogP contribution in [0.5, 0.6) is 0 Å². The predicted molar refractivity (Wildman–Crippen MR) is 76.4 cm³/mol. The third kappa shape index (κ3) is 3.47. The molecular weight excluding hydrogens is 384 g/mol. The second-order valence-electron chi connectivity index (χ2n) is 3.86. The van der Waals surface area contributed by atoms with Gasteiger partial charge >= 0.3 is 6.18 Å². The molecule has 1 heterocycles. The van der Waals surface area contributed by atoms with E-state index in [-0.39, 0.29) is 5.69 Å². The van der Waals surface area contributed by atoms with Crippen LogP contribution in [-0.2, 0) is 6.18 Å².